The van der Waals surface area contributed by atoms with Crippen LogP contribution in [0.3, 0.4) is 0 Å². The molecular weight excluding hydrogens is 360 g/mol. The number of nitrogens with one attached hydrogen (secondary N) is 2. The van der Waals surface area contributed by atoms with Crippen molar-refractivity contribution in [3.05, 3.63) is 23.4 Å². The third kappa shape index (κ3) is 6.63. The summed E-state index contributed by atoms with van der Waals surface area (Å²) in [4.78, 5) is 39.8. The number of hydrogen-bond donors (Lipinski definition) is 2. The molecule has 0 unspecified atom stereocenters. The molecule has 2 N–H and O–H groups in total. The largest absolute Gasteiger partial charge is 0.456 e. The Hall–Kier alpha value is -2.75. The van der Waals surface area contributed by atoms with Crippen molar-refractivity contribution in [1.82, 2.24) is 20.8 Å². The zero-order chi connectivity index (χ0) is 19.2. The quantitative estimate of drug-likeness (QED) is 0.734. The van der Waals surface area contributed by atoms with Gasteiger partial charge in [-0.3, -0.25) is 14.9 Å². The van der Waals surface area contributed by atoms with E-state index in [9.17, 15) is 14.4 Å². The van der Waals surface area contributed by atoms with E-state index >= 15 is 0 Å². The zero-order valence-electron chi connectivity index (χ0n) is 14.7. The zero-order valence-corrected chi connectivity index (χ0v) is 15.5. The lowest BCUT2D eigenvalue weighted by atomic mass is 10.1. The van der Waals surface area contributed by atoms with E-state index < -0.39 is 30.1 Å². The minimum Gasteiger partial charge on any atom is -0.456 e. The molecule has 0 saturated carbocycles. The molecular formula is C16H20N4O5S. The lowest BCUT2D eigenvalue weighted by Gasteiger charge is -2.20. The Balaban J connectivity index is 1.69. The minimum atomic E-state index is -0.710. The average molecular weight is 380 g/mol. The highest BCUT2D eigenvalue weighted by atomic mass is 32.1. The molecule has 0 aliphatic carbocycles. The summed E-state index contributed by atoms with van der Waals surface area (Å²) in [5, 5.41) is 10.4. The smallest absolute Gasteiger partial charge is 0.321 e. The molecule has 140 valence electrons. The minimum absolute atomic E-state index is 0.0203. The third-order valence-electron chi connectivity index (χ3n) is 2.86. The molecule has 2 aromatic rings. The van der Waals surface area contributed by atoms with E-state index in [0.717, 1.165) is 4.88 Å². The fraction of sp³-hybridized carbons (Fsp3) is 0.438. The lowest BCUT2D eigenvalue weighted by Crippen LogP contribution is -2.49. The van der Waals surface area contributed by atoms with Crippen molar-refractivity contribution >= 4 is 29.2 Å². The van der Waals surface area contributed by atoms with Crippen molar-refractivity contribution in [2.45, 2.75) is 39.2 Å². The summed E-state index contributed by atoms with van der Waals surface area (Å²) >= 11 is 1.48. The van der Waals surface area contributed by atoms with Gasteiger partial charge in [0.05, 0.1) is 11.3 Å². The van der Waals surface area contributed by atoms with Gasteiger partial charge in [0.15, 0.2) is 6.61 Å². The number of thiophene rings is 1. The maximum absolute atomic E-state index is 11.7. The van der Waals surface area contributed by atoms with Gasteiger partial charge in [-0.15, -0.1) is 11.3 Å². The van der Waals surface area contributed by atoms with Crippen LogP contribution in [0, 0.1) is 0 Å². The molecule has 0 aromatic carbocycles. The first-order valence-electron chi connectivity index (χ1n) is 7.87. The van der Waals surface area contributed by atoms with Crippen molar-refractivity contribution in [2.75, 3.05) is 6.61 Å². The molecule has 0 aliphatic heterocycles. The standard InChI is InChI=1S/C16H20N4O5S/c1-16(2,3)19-15(23)17-11(21)9-24-13(22)7-6-12-18-14(20-25-12)10-5-4-8-26-10/h4-5,8H,6-7,9H2,1-3H3,(H2,17,19,21,23). The van der Waals surface area contributed by atoms with Crippen LogP contribution in [0.2, 0.25) is 0 Å². The monoisotopic (exact) mass is 380 g/mol. The molecule has 26 heavy (non-hydrogen) atoms. The van der Waals surface area contributed by atoms with Crippen LogP contribution in [0.4, 0.5) is 4.79 Å². The molecule has 2 rings (SSSR count). The second-order valence-corrected chi connectivity index (χ2v) is 7.35. The summed E-state index contributed by atoms with van der Waals surface area (Å²) in [6.07, 6.45) is 0.177. The van der Waals surface area contributed by atoms with E-state index in [0.29, 0.717) is 11.7 Å². The summed E-state index contributed by atoms with van der Waals surface area (Å²) < 4.78 is 9.89. The predicted molar refractivity (Wildman–Crippen MR) is 93.3 cm³/mol. The molecule has 0 radical (unpaired) electrons. The van der Waals surface area contributed by atoms with Crippen molar-refractivity contribution in [3.8, 4) is 10.7 Å². The number of carbonyl (C=O) groups excluding carboxylic acids is 3. The Morgan fingerprint density at radius 2 is 2.08 bits per heavy atom. The molecule has 9 nitrogen and oxygen atoms in total. The third-order valence-corrected chi connectivity index (χ3v) is 3.72. The molecule has 2 aromatic heterocycles. The fourth-order valence-corrected chi connectivity index (χ4v) is 2.47. The fourth-order valence-electron chi connectivity index (χ4n) is 1.82. The van der Waals surface area contributed by atoms with Crippen LogP contribution in [0.15, 0.2) is 22.0 Å². The van der Waals surface area contributed by atoms with E-state index in [1.165, 1.54) is 11.3 Å². The van der Waals surface area contributed by atoms with Gasteiger partial charge in [-0.1, -0.05) is 11.2 Å². The normalized spacial score (nSPS) is 11.0. The SMILES string of the molecule is CC(C)(C)NC(=O)NC(=O)COC(=O)CCc1nc(-c2cccs2)no1. The highest BCUT2D eigenvalue weighted by molar-refractivity contribution is 7.13. The van der Waals surface area contributed by atoms with Crippen LogP contribution >= 0.6 is 11.3 Å². The molecule has 0 spiro atoms. The number of ether oxygens (including phenoxy) is 1. The van der Waals surface area contributed by atoms with E-state index in [1.807, 2.05) is 17.5 Å². The average Bonchev–Trinajstić information content (AvgIpc) is 3.19. The lowest BCUT2D eigenvalue weighted by molar-refractivity contribution is -0.148. The van der Waals surface area contributed by atoms with Crippen LogP contribution in [-0.2, 0) is 20.7 Å². The van der Waals surface area contributed by atoms with E-state index in [1.54, 1.807) is 20.8 Å². The summed E-state index contributed by atoms with van der Waals surface area (Å²) in [5.41, 5.74) is -0.479. The van der Waals surface area contributed by atoms with Crippen molar-refractivity contribution in [3.63, 3.8) is 0 Å². The highest BCUT2D eigenvalue weighted by Crippen LogP contribution is 2.21. The number of amides is 3. The summed E-state index contributed by atoms with van der Waals surface area (Å²) in [5.74, 6) is -0.544. The predicted octanol–water partition coefficient (Wildman–Crippen LogP) is 1.90. The molecule has 0 saturated heterocycles. The molecule has 3 amide bonds. The molecule has 10 heteroatoms. The van der Waals surface area contributed by atoms with E-state index in [4.69, 9.17) is 9.26 Å². The summed E-state index contributed by atoms with van der Waals surface area (Å²) in [6.45, 7) is 4.79. The Morgan fingerprint density at radius 1 is 1.31 bits per heavy atom. The summed E-state index contributed by atoms with van der Waals surface area (Å²) in [6, 6.07) is 3.09. The number of aryl methyl sites for hydroxylation is 1. The van der Waals surface area contributed by atoms with Crippen LogP contribution in [0.25, 0.3) is 10.7 Å². The molecule has 0 bridgehead atoms. The van der Waals surface area contributed by atoms with Crippen LogP contribution in [-0.4, -0.2) is 40.2 Å². The number of carbonyl (C=O) groups is 3. The number of hydrogen-bond acceptors (Lipinski definition) is 8. The maximum atomic E-state index is 11.7. The van der Waals surface area contributed by atoms with Gasteiger partial charge in [0, 0.05) is 12.0 Å². The number of nitrogens with zero attached hydrogens (tertiary/aromatic N) is 2. The van der Waals surface area contributed by atoms with E-state index in [2.05, 4.69) is 20.8 Å². The topological polar surface area (TPSA) is 123 Å². The van der Waals surface area contributed by atoms with Crippen molar-refractivity contribution in [2.24, 2.45) is 0 Å². The maximum Gasteiger partial charge on any atom is 0.321 e. The number of aromatic nitrogens is 2. The van der Waals surface area contributed by atoms with Gasteiger partial charge in [-0.2, -0.15) is 4.98 Å². The first-order chi connectivity index (χ1) is 12.2. The number of rotatable bonds is 6. The second kappa shape index (κ2) is 8.56. The number of esters is 1. The Bertz CT molecular complexity index is 764. The highest BCUT2D eigenvalue weighted by Gasteiger charge is 2.17. The van der Waals surface area contributed by atoms with Crippen molar-refractivity contribution in [1.29, 1.82) is 0 Å². The molecule has 0 atom stereocenters. The van der Waals surface area contributed by atoms with Gasteiger partial charge >= 0.3 is 12.0 Å². The second-order valence-electron chi connectivity index (χ2n) is 6.40. The number of imide groups is 1. The van der Waals surface area contributed by atoms with Gasteiger partial charge in [0.1, 0.15) is 0 Å². The molecule has 0 fully saturated rings. The van der Waals surface area contributed by atoms with Gasteiger partial charge < -0.3 is 14.6 Å². The summed E-state index contributed by atoms with van der Waals surface area (Å²) in [7, 11) is 0. The van der Waals surface area contributed by atoms with Crippen LogP contribution < -0.4 is 10.6 Å². The molecule has 0 aliphatic rings. The Labute approximate surface area is 154 Å². The first-order valence-corrected chi connectivity index (χ1v) is 8.75. The van der Waals surface area contributed by atoms with Gasteiger partial charge in [-0.05, 0) is 32.2 Å². The van der Waals surface area contributed by atoms with Crippen LogP contribution in [0.1, 0.15) is 33.1 Å². The first kappa shape index (κ1) is 19.6. The van der Waals surface area contributed by atoms with E-state index in [-0.39, 0.29) is 12.8 Å². The Morgan fingerprint density at radius 3 is 2.73 bits per heavy atom. The Kier molecular flexibility index (Phi) is 6.45. The van der Waals surface area contributed by atoms with Crippen molar-refractivity contribution < 1.29 is 23.6 Å². The van der Waals surface area contributed by atoms with Gasteiger partial charge in [-0.25, -0.2) is 4.79 Å². The van der Waals surface area contributed by atoms with Gasteiger partial charge in [0.25, 0.3) is 5.91 Å². The van der Waals surface area contributed by atoms with Gasteiger partial charge in [0.2, 0.25) is 11.7 Å². The van der Waals surface area contributed by atoms with Crippen LogP contribution in [0.5, 0.6) is 0 Å². The number of urea groups is 1. The molecule has 2 heterocycles.